The Balaban J connectivity index is 2.46. The van der Waals surface area contributed by atoms with Crippen LogP contribution in [0, 0.1) is 0 Å². The molecule has 3 N–H and O–H groups in total. The maximum atomic E-state index is 9.32. The van der Waals surface area contributed by atoms with E-state index in [1.807, 2.05) is 6.07 Å². The SMILES string of the molecule is NCCCc1ncnc2cc(O)ccc12. The monoisotopic (exact) mass is 203 g/mol. The van der Waals surface area contributed by atoms with Crippen LogP contribution < -0.4 is 5.73 Å². The number of aromatic hydroxyl groups is 1. The van der Waals surface area contributed by atoms with Crippen LogP contribution in [0.25, 0.3) is 10.9 Å². The molecule has 4 heteroatoms. The van der Waals surface area contributed by atoms with E-state index in [2.05, 4.69) is 9.97 Å². The third-order valence-electron chi connectivity index (χ3n) is 2.32. The number of benzene rings is 1. The predicted octanol–water partition coefficient (Wildman–Crippen LogP) is 1.23. The Morgan fingerprint density at radius 3 is 2.93 bits per heavy atom. The minimum Gasteiger partial charge on any atom is -0.508 e. The quantitative estimate of drug-likeness (QED) is 0.786. The lowest BCUT2D eigenvalue weighted by molar-refractivity contribution is 0.476. The van der Waals surface area contributed by atoms with Gasteiger partial charge in [-0.3, -0.25) is 0 Å². The van der Waals surface area contributed by atoms with Crippen molar-refractivity contribution in [3.63, 3.8) is 0 Å². The van der Waals surface area contributed by atoms with Gasteiger partial charge in [0.15, 0.2) is 0 Å². The molecule has 2 aromatic rings. The van der Waals surface area contributed by atoms with Gasteiger partial charge in [0, 0.05) is 11.5 Å². The zero-order chi connectivity index (χ0) is 10.7. The van der Waals surface area contributed by atoms with E-state index in [-0.39, 0.29) is 5.75 Å². The van der Waals surface area contributed by atoms with Crippen molar-refractivity contribution in [2.75, 3.05) is 6.54 Å². The van der Waals surface area contributed by atoms with Crippen LogP contribution in [0.5, 0.6) is 5.75 Å². The highest BCUT2D eigenvalue weighted by Gasteiger charge is 2.03. The molecule has 0 amide bonds. The maximum absolute atomic E-state index is 9.32. The molecule has 0 unspecified atom stereocenters. The molecule has 4 nitrogen and oxygen atoms in total. The van der Waals surface area contributed by atoms with Gasteiger partial charge >= 0.3 is 0 Å². The number of aryl methyl sites for hydroxylation is 1. The molecular weight excluding hydrogens is 190 g/mol. The van der Waals surface area contributed by atoms with Crippen LogP contribution in [0.1, 0.15) is 12.1 Å². The Bertz CT molecular complexity index is 470. The van der Waals surface area contributed by atoms with Gasteiger partial charge in [-0.25, -0.2) is 9.97 Å². The van der Waals surface area contributed by atoms with E-state index >= 15 is 0 Å². The van der Waals surface area contributed by atoms with Crippen molar-refractivity contribution in [1.29, 1.82) is 0 Å². The molecule has 1 aromatic heterocycles. The van der Waals surface area contributed by atoms with Crippen LogP contribution in [-0.4, -0.2) is 21.6 Å². The predicted molar refractivity (Wildman–Crippen MR) is 58.6 cm³/mol. The van der Waals surface area contributed by atoms with Crippen LogP contribution in [0.15, 0.2) is 24.5 Å². The van der Waals surface area contributed by atoms with E-state index < -0.39 is 0 Å². The van der Waals surface area contributed by atoms with Crippen LogP contribution in [0.2, 0.25) is 0 Å². The summed E-state index contributed by atoms with van der Waals surface area (Å²) in [7, 11) is 0. The Morgan fingerprint density at radius 1 is 1.27 bits per heavy atom. The highest BCUT2D eigenvalue weighted by atomic mass is 16.3. The number of hydrogen-bond donors (Lipinski definition) is 2. The van der Waals surface area contributed by atoms with Gasteiger partial charge in [-0.1, -0.05) is 0 Å². The van der Waals surface area contributed by atoms with Crippen molar-refractivity contribution in [2.45, 2.75) is 12.8 Å². The summed E-state index contributed by atoms with van der Waals surface area (Å²) in [5.41, 5.74) is 7.23. The van der Waals surface area contributed by atoms with Gasteiger partial charge in [-0.05, 0) is 31.5 Å². The molecule has 0 saturated carbocycles. The van der Waals surface area contributed by atoms with E-state index in [4.69, 9.17) is 5.73 Å². The number of nitrogens with zero attached hydrogens (tertiary/aromatic N) is 2. The first kappa shape index (κ1) is 9.86. The fourth-order valence-corrected chi connectivity index (χ4v) is 1.57. The second-order valence-electron chi connectivity index (χ2n) is 3.41. The summed E-state index contributed by atoms with van der Waals surface area (Å²) in [5, 5.41) is 10.3. The Hall–Kier alpha value is -1.68. The molecular formula is C11H13N3O. The van der Waals surface area contributed by atoms with Crippen molar-refractivity contribution in [3.8, 4) is 5.75 Å². The van der Waals surface area contributed by atoms with Gasteiger partial charge < -0.3 is 10.8 Å². The standard InChI is InChI=1S/C11H13N3O/c12-5-1-2-10-9-4-3-8(15)6-11(9)14-7-13-10/h3-4,6-7,15H,1-2,5,12H2. The number of rotatable bonds is 3. The molecule has 1 aromatic carbocycles. The molecule has 0 saturated heterocycles. The van der Waals surface area contributed by atoms with Crippen molar-refractivity contribution >= 4 is 10.9 Å². The average molecular weight is 203 g/mol. The van der Waals surface area contributed by atoms with Crippen LogP contribution in [-0.2, 0) is 6.42 Å². The lowest BCUT2D eigenvalue weighted by atomic mass is 10.1. The number of nitrogens with two attached hydrogens (primary N) is 1. The Labute approximate surface area is 87.8 Å². The van der Waals surface area contributed by atoms with Gasteiger partial charge in [0.05, 0.1) is 11.2 Å². The number of fused-ring (bicyclic) bond motifs is 1. The lowest BCUT2D eigenvalue weighted by Crippen LogP contribution is -2.02. The van der Waals surface area contributed by atoms with Crippen LogP contribution >= 0.6 is 0 Å². The topological polar surface area (TPSA) is 72.0 Å². The van der Waals surface area contributed by atoms with Crippen molar-refractivity contribution < 1.29 is 5.11 Å². The minimum atomic E-state index is 0.228. The molecule has 0 bridgehead atoms. The molecule has 1 heterocycles. The summed E-state index contributed by atoms with van der Waals surface area (Å²) in [6, 6.07) is 5.14. The molecule has 0 fully saturated rings. The van der Waals surface area contributed by atoms with E-state index in [1.165, 1.54) is 6.33 Å². The van der Waals surface area contributed by atoms with Gasteiger partial charge in [0.1, 0.15) is 12.1 Å². The second kappa shape index (κ2) is 4.23. The third kappa shape index (κ3) is 2.05. The van der Waals surface area contributed by atoms with Gasteiger partial charge in [0.2, 0.25) is 0 Å². The average Bonchev–Trinajstić information content (AvgIpc) is 2.25. The molecule has 0 atom stereocenters. The van der Waals surface area contributed by atoms with E-state index in [0.29, 0.717) is 6.54 Å². The zero-order valence-electron chi connectivity index (χ0n) is 8.35. The van der Waals surface area contributed by atoms with Crippen molar-refractivity contribution in [2.24, 2.45) is 5.73 Å². The highest BCUT2D eigenvalue weighted by molar-refractivity contribution is 5.81. The fourth-order valence-electron chi connectivity index (χ4n) is 1.57. The van der Waals surface area contributed by atoms with E-state index in [9.17, 15) is 5.11 Å². The number of phenols is 1. The fraction of sp³-hybridized carbons (Fsp3) is 0.273. The summed E-state index contributed by atoms with van der Waals surface area (Å²) >= 11 is 0. The van der Waals surface area contributed by atoms with Crippen LogP contribution in [0.4, 0.5) is 0 Å². The summed E-state index contributed by atoms with van der Waals surface area (Å²) in [6.07, 6.45) is 3.28. The van der Waals surface area contributed by atoms with Crippen LogP contribution in [0.3, 0.4) is 0 Å². The number of aromatic nitrogens is 2. The summed E-state index contributed by atoms with van der Waals surface area (Å²) in [4.78, 5) is 8.33. The van der Waals surface area contributed by atoms with E-state index in [1.54, 1.807) is 12.1 Å². The van der Waals surface area contributed by atoms with Gasteiger partial charge in [-0.15, -0.1) is 0 Å². The Morgan fingerprint density at radius 2 is 2.13 bits per heavy atom. The van der Waals surface area contributed by atoms with Crippen molar-refractivity contribution in [1.82, 2.24) is 9.97 Å². The summed E-state index contributed by atoms with van der Waals surface area (Å²) in [6.45, 7) is 0.656. The zero-order valence-corrected chi connectivity index (χ0v) is 8.35. The molecule has 2 rings (SSSR count). The molecule has 0 aliphatic heterocycles. The van der Waals surface area contributed by atoms with Gasteiger partial charge in [-0.2, -0.15) is 0 Å². The summed E-state index contributed by atoms with van der Waals surface area (Å²) < 4.78 is 0. The number of phenolic OH excluding ortho intramolecular Hbond substituents is 1. The minimum absolute atomic E-state index is 0.228. The molecule has 0 aliphatic rings. The molecule has 0 aliphatic carbocycles. The second-order valence-corrected chi connectivity index (χ2v) is 3.41. The van der Waals surface area contributed by atoms with E-state index in [0.717, 1.165) is 29.4 Å². The molecule has 15 heavy (non-hydrogen) atoms. The normalized spacial score (nSPS) is 10.7. The first-order valence-corrected chi connectivity index (χ1v) is 4.94. The van der Waals surface area contributed by atoms with Gasteiger partial charge in [0.25, 0.3) is 0 Å². The third-order valence-corrected chi connectivity index (χ3v) is 2.32. The Kier molecular flexibility index (Phi) is 2.78. The largest absolute Gasteiger partial charge is 0.508 e. The summed E-state index contributed by atoms with van der Waals surface area (Å²) in [5.74, 6) is 0.228. The molecule has 0 radical (unpaired) electrons. The maximum Gasteiger partial charge on any atom is 0.117 e. The first-order valence-electron chi connectivity index (χ1n) is 4.94. The first-order chi connectivity index (χ1) is 7.31. The molecule has 78 valence electrons. The molecule has 0 spiro atoms. The smallest absolute Gasteiger partial charge is 0.117 e. The lowest BCUT2D eigenvalue weighted by Gasteiger charge is -2.04. The highest BCUT2D eigenvalue weighted by Crippen LogP contribution is 2.20. The number of hydrogen-bond acceptors (Lipinski definition) is 4. The van der Waals surface area contributed by atoms with Crippen molar-refractivity contribution in [3.05, 3.63) is 30.2 Å².